The van der Waals surface area contributed by atoms with Crippen LogP contribution in [0.3, 0.4) is 0 Å². The molecule has 1 aromatic heterocycles. The number of piperidine rings is 2. The summed E-state index contributed by atoms with van der Waals surface area (Å²) in [6.07, 6.45) is 9.20. The van der Waals surface area contributed by atoms with Gasteiger partial charge >= 0.3 is 0 Å². The van der Waals surface area contributed by atoms with Crippen molar-refractivity contribution in [3.05, 3.63) is 53.9 Å². The number of fused-ring (bicyclic) bond motifs is 1. The number of likely N-dealkylation sites (tertiary alicyclic amines) is 2. The number of nitrogens with zero attached hydrogens (tertiary/aromatic N) is 4. The molecule has 2 fully saturated rings. The van der Waals surface area contributed by atoms with Gasteiger partial charge in [-0.05, 0) is 76.1 Å². The number of nitrogens with one attached hydrogen (secondary N) is 1. The summed E-state index contributed by atoms with van der Waals surface area (Å²) in [5.41, 5.74) is 3.90. The molecule has 2 aliphatic heterocycles. The number of phenols is 1. The van der Waals surface area contributed by atoms with Crippen LogP contribution >= 0.6 is 0 Å². The molecule has 2 saturated heterocycles. The SMILES string of the molecule is Oc1c(CN2CCCCC2)cc(Nc2ncnc3ccccc23)cc1CN1CCCCC1. The number of benzene rings is 2. The van der Waals surface area contributed by atoms with Gasteiger partial charge in [-0.15, -0.1) is 0 Å². The molecule has 0 unspecified atom stereocenters. The second-order valence-corrected chi connectivity index (χ2v) is 9.18. The zero-order valence-electron chi connectivity index (χ0n) is 18.8. The third-order valence-corrected chi connectivity index (χ3v) is 6.76. The molecule has 3 heterocycles. The van der Waals surface area contributed by atoms with Crippen molar-refractivity contribution in [1.82, 2.24) is 19.8 Å². The highest BCUT2D eigenvalue weighted by atomic mass is 16.3. The molecule has 0 saturated carbocycles. The molecule has 2 aromatic carbocycles. The number of phenolic OH excluding ortho intramolecular Hbond substituents is 1. The number of aromatic hydroxyl groups is 1. The molecule has 0 amide bonds. The van der Waals surface area contributed by atoms with Gasteiger partial charge in [-0.1, -0.05) is 25.0 Å². The largest absolute Gasteiger partial charge is 0.507 e. The standard InChI is InChI=1S/C26H33N5O/c32-25-20(17-30-11-5-1-6-12-30)15-22(16-21(25)18-31-13-7-2-8-14-31)29-26-23-9-3-4-10-24(23)27-19-28-26/h3-4,9-10,15-16,19,32H,1-2,5-8,11-14,17-18H2,(H,27,28,29). The van der Waals surface area contributed by atoms with Crippen molar-refractivity contribution in [2.75, 3.05) is 31.5 Å². The highest BCUT2D eigenvalue weighted by Gasteiger charge is 2.19. The van der Waals surface area contributed by atoms with Crippen LogP contribution in [0.4, 0.5) is 11.5 Å². The van der Waals surface area contributed by atoms with Gasteiger partial charge in [-0.2, -0.15) is 0 Å². The number of hydrogen-bond acceptors (Lipinski definition) is 6. The maximum atomic E-state index is 11.2. The van der Waals surface area contributed by atoms with Crippen molar-refractivity contribution in [3.8, 4) is 5.75 Å². The Balaban J connectivity index is 1.47. The van der Waals surface area contributed by atoms with Gasteiger partial charge in [0.05, 0.1) is 5.52 Å². The van der Waals surface area contributed by atoms with Gasteiger partial charge in [0.25, 0.3) is 0 Å². The molecule has 0 atom stereocenters. The first-order valence-electron chi connectivity index (χ1n) is 12.0. The first-order chi connectivity index (χ1) is 15.8. The van der Waals surface area contributed by atoms with Crippen LogP contribution in [0.1, 0.15) is 49.7 Å². The third kappa shape index (κ3) is 4.87. The Kier molecular flexibility index (Phi) is 6.51. The van der Waals surface area contributed by atoms with E-state index in [-0.39, 0.29) is 0 Å². The van der Waals surface area contributed by atoms with Crippen LogP contribution in [0.25, 0.3) is 10.9 Å². The van der Waals surface area contributed by atoms with E-state index in [2.05, 4.69) is 37.2 Å². The van der Waals surface area contributed by atoms with E-state index in [0.717, 1.165) is 72.8 Å². The van der Waals surface area contributed by atoms with E-state index >= 15 is 0 Å². The molecule has 5 rings (SSSR count). The van der Waals surface area contributed by atoms with Gasteiger partial charge < -0.3 is 10.4 Å². The summed E-state index contributed by atoms with van der Waals surface area (Å²) in [4.78, 5) is 13.8. The minimum Gasteiger partial charge on any atom is -0.507 e. The molecular formula is C26H33N5O. The molecule has 6 nitrogen and oxygen atoms in total. The number of rotatable bonds is 6. The molecule has 3 aromatic rings. The van der Waals surface area contributed by atoms with Gasteiger partial charge in [0.2, 0.25) is 0 Å². The first-order valence-corrected chi connectivity index (χ1v) is 12.0. The minimum atomic E-state index is 0.458. The fraction of sp³-hybridized carbons (Fsp3) is 0.462. The highest BCUT2D eigenvalue weighted by Crippen LogP contribution is 2.33. The maximum absolute atomic E-state index is 11.2. The van der Waals surface area contributed by atoms with Crippen LogP contribution in [0.15, 0.2) is 42.7 Å². The summed E-state index contributed by atoms with van der Waals surface area (Å²) >= 11 is 0. The van der Waals surface area contributed by atoms with E-state index in [1.807, 2.05) is 24.3 Å². The Labute approximate surface area is 190 Å². The normalized spacial score (nSPS) is 18.1. The molecule has 2 N–H and O–H groups in total. The van der Waals surface area contributed by atoms with Gasteiger partial charge in [0, 0.05) is 35.3 Å². The fourth-order valence-corrected chi connectivity index (χ4v) is 5.03. The fourth-order valence-electron chi connectivity index (χ4n) is 5.03. The Morgan fingerprint density at radius 2 is 1.38 bits per heavy atom. The van der Waals surface area contributed by atoms with E-state index < -0.39 is 0 Å². The number of aromatic nitrogens is 2. The van der Waals surface area contributed by atoms with Gasteiger partial charge in [-0.25, -0.2) is 9.97 Å². The second kappa shape index (κ2) is 9.84. The molecule has 6 heteroatoms. The summed E-state index contributed by atoms with van der Waals surface area (Å²) in [6.45, 7) is 6.01. The predicted molar refractivity (Wildman–Crippen MR) is 129 cm³/mol. The Morgan fingerprint density at radius 3 is 2.00 bits per heavy atom. The van der Waals surface area contributed by atoms with Crippen molar-refractivity contribution >= 4 is 22.4 Å². The van der Waals surface area contributed by atoms with Crippen LogP contribution in [0.2, 0.25) is 0 Å². The minimum absolute atomic E-state index is 0.458. The van der Waals surface area contributed by atoms with Gasteiger partial charge in [0.15, 0.2) is 0 Å². The van der Waals surface area contributed by atoms with Crippen molar-refractivity contribution < 1.29 is 5.11 Å². The van der Waals surface area contributed by atoms with Gasteiger partial charge in [-0.3, -0.25) is 9.80 Å². The average molecular weight is 432 g/mol. The second-order valence-electron chi connectivity index (χ2n) is 9.18. The Morgan fingerprint density at radius 1 is 0.781 bits per heavy atom. The lowest BCUT2D eigenvalue weighted by Gasteiger charge is -2.29. The Bertz CT molecular complexity index is 1010. The molecular weight excluding hydrogens is 398 g/mol. The molecule has 0 spiro atoms. The Hall–Kier alpha value is -2.70. The molecule has 0 bridgehead atoms. The first kappa shape index (κ1) is 21.2. The molecule has 32 heavy (non-hydrogen) atoms. The summed E-state index contributed by atoms with van der Waals surface area (Å²) < 4.78 is 0. The van der Waals surface area contributed by atoms with Crippen molar-refractivity contribution in [3.63, 3.8) is 0 Å². The van der Waals surface area contributed by atoms with Crippen molar-refractivity contribution in [2.24, 2.45) is 0 Å². The van der Waals surface area contributed by atoms with E-state index in [1.165, 1.54) is 38.5 Å². The smallest absolute Gasteiger partial charge is 0.141 e. The summed E-state index contributed by atoms with van der Waals surface area (Å²) in [6, 6.07) is 12.2. The number of hydrogen-bond donors (Lipinski definition) is 2. The zero-order valence-corrected chi connectivity index (χ0v) is 18.8. The number of anilines is 2. The highest BCUT2D eigenvalue weighted by molar-refractivity contribution is 5.90. The third-order valence-electron chi connectivity index (χ3n) is 6.76. The average Bonchev–Trinajstić information content (AvgIpc) is 2.83. The van der Waals surface area contributed by atoms with Crippen molar-refractivity contribution in [2.45, 2.75) is 51.6 Å². The lowest BCUT2D eigenvalue weighted by molar-refractivity contribution is 0.213. The summed E-state index contributed by atoms with van der Waals surface area (Å²) in [5, 5.41) is 15.7. The molecule has 0 aliphatic carbocycles. The lowest BCUT2D eigenvalue weighted by atomic mass is 10.0. The van der Waals surface area contributed by atoms with Crippen LogP contribution in [-0.2, 0) is 13.1 Å². The van der Waals surface area contributed by atoms with Crippen molar-refractivity contribution in [1.29, 1.82) is 0 Å². The van der Waals surface area contributed by atoms with Crippen LogP contribution in [0.5, 0.6) is 5.75 Å². The quantitative estimate of drug-likeness (QED) is 0.533. The summed E-state index contributed by atoms with van der Waals surface area (Å²) in [7, 11) is 0. The van der Waals surface area contributed by atoms with Crippen LogP contribution in [-0.4, -0.2) is 51.1 Å². The summed E-state index contributed by atoms with van der Waals surface area (Å²) in [5.74, 6) is 1.26. The van der Waals surface area contributed by atoms with E-state index in [9.17, 15) is 5.11 Å². The molecule has 168 valence electrons. The zero-order chi connectivity index (χ0) is 21.8. The lowest BCUT2D eigenvalue weighted by Crippen LogP contribution is -2.30. The van der Waals surface area contributed by atoms with E-state index in [0.29, 0.717) is 5.75 Å². The molecule has 0 radical (unpaired) electrons. The topological polar surface area (TPSA) is 64.5 Å². The monoisotopic (exact) mass is 431 g/mol. The maximum Gasteiger partial charge on any atom is 0.141 e. The molecule has 2 aliphatic rings. The predicted octanol–water partition coefficient (Wildman–Crippen LogP) is 5.05. The van der Waals surface area contributed by atoms with Gasteiger partial charge in [0.1, 0.15) is 17.9 Å². The van der Waals surface area contributed by atoms with E-state index in [1.54, 1.807) is 6.33 Å². The van der Waals surface area contributed by atoms with Crippen LogP contribution < -0.4 is 5.32 Å². The van der Waals surface area contributed by atoms with E-state index in [4.69, 9.17) is 0 Å². The van der Waals surface area contributed by atoms with Crippen LogP contribution in [0, 0.1) is 0 Å². The number of para-hydroxylation sites is 1.